The van der Waals surface area contributed by atoms with E-state index in [9.17, 15) is 19.5 Å². The lowest BCUT2D eigenvalue weighted by molar-refractivity contribution is 0.0636. The minimum atomic E-state index is -1.15. The van der Waals surface area contributed by atoms with Crippen molar-refractivity contribution in [2.45, 2.75) is 19.0 Å². The molecule has 1 atom stereocenters. The fourth-order valence-electron chi connectivity index (χ4n) is 6.47. The van der Waals surface area contributed by atoms with Crippen molar-refractivity contribution in [3.63, 3.8) is 0 Å². The van der Waals surface area contributed by atoms with Crippen LogP contribution in [-0.2, 0) is 13.0 Å². The highest BCUT2D eigenvalue weighted by molar-refractivity contribution is 6.16. The lowest BCUT2D eigenvalue weighted by Gasteiger charge is -2.37. The summed E-state index contributed by atoms with van der Waals surface area (Å²) in [6.07, 6.45) is -0.647. The molecule has 3 N–H and O–H groups in total. The number of benzene rings is 5. The number of amides is 3. The third-order valence-electron chi connectivity index (χ3n) is 8.87. The Hall–Kier alpha value is -6.42. The lowest BCUT2D eigenvalue weighted by Crippen LogP contribution is -2.50. The van der Waals surface area contributed by atoms with Crippen LogP contribution in [0.3, 0.4) is 0 Å². The molecule has 49 heavy (non-hydrogen) atoms. The van der Waals surface area contributed by atoms with Gasteiger partial charge in [0.2, 0.25) is 0 Å². The number of para-hydroxylation sites is 3. The number of hydrogen-bond donors (Lipinski definition) is 3. The van der Waals surface area contributed by atoms with Crippen molar-refractivity contribution >= 4 is 45.9 Å². The fourth-order valence-corrected chi connectivity index (χ4v) is 6.47. The maximum absolute atomic E-state index is 14.7. The summed E-state index contributed by atoms with van der Waals surface area (Å²) in [5.74, 6) is -0.596. The Morgan fingerprint density at radius 2 is 1.45 bits per heavy atom. The highest BCUT2D eigenvalue weighted by Gasteiger charge is 2.33. The van der Waals surface area contributed by atoms with E-state index in [4.69, 9.17) is 5.10 Å². The van der Waals surface area contributed by atoms with Crippen LogP contribution in [0.25, 0.3) is 16.6 Å². The second-order valence-corrected chi connectivity index (χ2v) is 11.8. The van der Waals surface area contributed by atoms with E-state index < -0.39 is 12.1 Å². The van der Waals surface area contributed by atoms with E-state index in [0.29, 0.717) is 46.5 Å². The van der Waals surface area contributed by atoms with E-state index in [-0.39, 0.29) is 24.1 Å². The van der Waals surface area contributed by atoms with Crippen LogP contribution in [-0.4, -0.2) is 57.3 Å². The Morgan fingerprint density at radius 3 is 2.12 bits per heavy atom. The summed E-state index contributed by atoms with van der Waals surface area (Å²) < 4.78 is 1.66. The number of nitrogens with one attached hydrogen (secondary N) is 2. The number of fused-ring (bicyclic) bond motifs is 2. The molecule has 3 amide bonds. The highest BCUT2D eigenvalue weighted by Crippen LogP contribution is 2.33. The molecular weight excluding hydrogens is 616 g/mol. The number of carbonyl (C=O) groups is 3. The van der Waals surface area contributed by atoms with Gasteiger partial charge in [-0.15, -0.1) is 0 Å². The Kier molecular flexibility index (Phi) is 8.51. The predicted octanol–water partition coefficient (Wildman–Crippen LogP) is 6.88. The van der Waals surface area contributed by atoms with Crippen LogP contribution in [0.1, 0.15) is 32.0 Å². The minimum Gasteiger partial charge on any atom is -0.465 e. The van der Waals surface area contributed by atoms with Crippen molar-refractivity contribution < 1.29 is 19.5 Å². The van der Waals surface area contributed by atoms with E-state index in [2.05, 4.69) is 10.6 Å². The Bertz CT molecular complexity index is 2130. The predicted molar refractivity (Wildman–Crippen MR) is 190 cm³/mol. The molecule has 2 heterocycles. The minimum absolute atomic E-state index is 0.0780. The molecule has 0 aliphatic carbocycles. The van der Waals surface area contributed by atoms with Crippen molar-refractivity contribution in [1.29, 1.82) is 0 Å². The summed E-state index contributed by atoms with van der Waals surface area (Å²) in [5, 5.41) is 20.6. The zero-order chi connectivity index (χ0) is 33.9. The van der Waals surface area contributed by atoms with Gasteiger partial charge in [0.05, 0.1) is 22.8 Å². The first-order chi connectivity index (χ1) is 23.9. The van der Waals surface area contributed by atoms with Gasteiger partial charge in [-0.25, -0.2) is 9.48 Å². The first kappa shape index (κ1) is 31.2. The molecule has 0 saturated carbocycles. The first-order valence-corrected chi connectivity index (χ1v) is 16.0. The second kappa shape index (κ2) is 13.4. The van der Waals surface area contributed by atoms with Crippen molar-refractivity contribution in [1.82, 2.24) is 20.0 Å². The smallest absolute Gasteiger partial charge is 0.404 e. The summed E-state index contributed by atoms with van der Waals surface area (Å²) in [6, 6.07) is 39.3. The Labute approximate surface area is 283 Å². The van der Waals surface area contributed by atoms with E-state index in [0.717, 1.165) is 16.8 Å². The fraction of sp³-hybridized carbons (Fsp3) is 0.128. The number of hydrogen-bond acceptors (Lipinski definition) is 5. The van der Waals surface area contributed by atoms with E-state index in [1.54, 1.807) is 27.6 Å². The largest absolute Gasteiger partial charge is 0.465 e. The third kappa shape index (κ3) is 6.07. The maximum atomic E-state index is 14.7. The lowest BCUT2D eigenvalue weighted by atomic mass is 9.93. The number of anilines is 3. The molecule has 1 aliphatic heterocycles. The van der Waals surface area contributed by atoms with Crippen LogP contribution in [0.15, 0.2) is 127 Å². The van der Waals surface area contributed by atoms with Gasteiger partial charge in [-0.2, -0.15) is 5.10 Å². The molecule has 1 aromatic heterocycles. The van der Waals surface area contributed by atoms with Gasteiger partial charge in [0.25, 0.3) is 11.8 Å². The number of carbonyl (C=O) groups excluding carboxylic acids is 2. The molecule has 5 aromatic carbocycles. The molecule has 0 spiro atoms. The molecule has 0 bridgehead atoms. The zero-order valence-corrected chi connectivity index (χ0v) is 26.8. The van der Waals surface area contributed by atoms with E-state index >= 15 is 0 Å². The van der Waals surface area contributed by atoms with Gasteiger partial charge in [-0.1, -0.05) is 78.9 Å². The molecule has 0 unspecified atom stereocenters. The van der Waals surface area contributed by atoms with Gasteiger partial charge in [-0.3, -0.25) is 14.5 Å². The van der Waals surface area contributed by atoms with Gasteiger partial charge >= 0.3 is 6.09 Å². The topological polar surface area (TPSA) is 120 Å². The van der Waals surface area contributed by atoms with Gasteiger partial charge < -0.3 is 20.6 Å². The standard InChI is InChI=1S/C39H34N6O4/c1-40-28-20-21-35(33(23-28)37(46)43-25-27-13-9-8-12-26(27)22-31(43)24-41-39(48)49)45-34-19-11-10-18-32(34)36(42-45)38(47)44(29-14-4-2-5-15-29)30-16-6-3-7-17-30/h2-21,23,31,40-41H,22,24-25H2,1H3,(H,48,49)/t31-/m0/s1. The summed E-state index contributed by atoms with van der Waals surface area (Å²) in [4.78, 5) is 44.1. The van der Waals surface area contributed by atoms with Crippen molar-refractivity contribution in [3.05, 3.63) is 150 Å². The van der Waals surface area contributed by atoms with Crippen LogP contribution in [0, 0.1) is 0 Å². The molecule has 1 aliphatic rings. The van der Waals surface area contributed by atoms with Crippen LogP contribution >= 0.6 is 0 Å². The van der Waals surface area contributed by atoms with Gasteiger partial charge in [0.1, 0.15) is 0 Å². The molecule has 10 heteroatoms. The molecule has 0 fully saturated rings. The monoisotopic (exact) mass is 650 g/mol. The Morgan fingerprint density at radius 1 is 0.816 bits per heavy atom. The molecule has 0 radical (unpaired) electrons. The van der Waals surface area contributed by atoms with Crippen LogP contribution in [0.2, 0.25) is 0 Å². The van der Waals surface area contributed by atoms with Crippen LogP contribution < -0.4 is 15.5 Å². The number of rotatable bonds is 8. The number of nitrogens with zero attached hydrogens (tertiary/aromatic N) is 4. The summed E-state index contributed by atoms with van der Waals surface area (Å²) >= 11 is 0. The van der Waals surface area contributed by atoms with Crippen LogP contribution in [0.5, 0.6) is 0 Å². The van der Waals surface area contributed by atoms with E-state index in [1.165, 1.54) is 0 Å². The average Bonchev–Trinajstić information content (AvgIpc) is 3.53. The normalized spacial score (nSPS) is 13.8. The second-order valence-electron chi connectivity index (χ2n) is 11.8. The SMILES string of the molecule is CNc1ccc(-n2nc(C(=O)N(c3ccccc3)c3ccccc3)c3ccccc32)c(C(=O)N2Cc3ccccc3C[C@H]2CNC(=O)O)c1. The summed E-state index contributed by atoms with van der Waals surface area (Å²) in [5.41, 5.74) is 5.94. The summed E-state index contributed by atoms with van der Waals surface area (Å²) in [7, 11) is 1.78. The first-order valence-electron chi connectivity index (χ1n) is 16.0. The van der Waals surface area contributed by atoms with E-state index in [1.807, 2.05) is 121 Å². The molecule has 244 valence electrons. The van der Waals surface area contributed by atoms with Crippen molar-refractivity contribution in [3.8, 4) is 5.69 Å². The van der Waals surface area contributed by atoms with Crippen molar-refractivity contribution in [2.24, 2.45) is 0 Å². The third-order valence-corrected chi connectivity index (χ3v) is 8.87. The number of aromatic nitrogens is 2. The maximum Gasteiger partial charge on any atom is 0.404 e. The molecule has 7 rings (SSSR count). The molecular formula is C39H34N6O4. The van der Waals surface area contributed by atoms with Gasteiger partial charge in [0.15, 0.2) is 5.69 Å². The van der Waals surface area contributed by atoms with Gasteiger partial charge in [0, 0.05) is 42.6 Å². The zero-order valence-electron chi connectivity index (χ0n) is 26.8. The molecule has 6 aromatic rings. The average molecular weight is 651 g/mol. The van der Waals surface area contributed by atoms with Gasteiger partial charge in [-0.05, 0) is 66.1 Å². The van der Waals surface area contributed by atoms with Crippen LogP contribution in [0.4, 0.5) is 21.9 Å². The molecule has 0 saturated heterocycles. The highest BCUT2D eigenvalue weighted by atomic mass is 16.4. The molecule has 10 nitrogen and oxygen atoms in total. The quantitative estimate of drug-likeness (QED) is 0.165. The Balaban J connectivity index is 1.35. The van der Waals surface area contributed by atoms with Crippen molar-refractivity contribution in [2.75, 3.05) is 23.8 Å². The number of carboxylic acid groups (broad SMARTS) is 1. The summed E-state index contributed by atoms with van der Waals surface area (Å²) in [6.45, 7) is 0.394.